The predicted molar refractivity (Wildman–Crippen MR) is 114 cm³/mol. The van der Waals surface area contributed by atoms with E-state index in [1.807, 2.05) is 48.8 Å². The average molecular weight is 386 g/mol. The maximum Gasteiger partial charge on any atom is 0.246 e. The third-order valence-electron chi connectivity index (χ3n) is 5.40. The van der Waals surface area contributed by atoms with Gasteiger partial charge in [-0.05, 0) is 45.6 Å². The van der Waals surface area contributed by atoms with Crippen molar-refractivity contribution in [1.82, 2.24) is 14.7 Å². The number of carbonyl (C=O) groups excluding carboxylic acids is 2. The van der Waals surface area contributed by atoms with E-state index < -0.39 is 0 Å². The number of carbonyl (C=O) groups is 2. The van der Waals surface area contributed by atoms with Crippen LogP contribution in [-0.2, 0) is 16.0 Å². The lowest BCUT2D eigenvalue weighted by molar-refractivity contribution is -0.132. The molecule has 1 heterocycles. The summed E-state index contributed by atoms with van der Waals surface area (Å²) in [6.45, 7) is 11.1. The predicted octanol–water partition coefficient (Wildman–Crippen LogP) is 2.97. The van der Waals surface area contributed by atoms with Crippen molar-refractivity contribution in [3.05, 3.63) is 47.5 Å². The second kappa shape index (κ2) is 11.6. The molecule has 1 aliphatic rings. The maximum atomic E-state index is 12.7. The summed E-state index contributed by atoms with van der Waals surface area (Å²) < 4.78 is 0. The van der Waals surface area contributed by atoms with Crippen LogP contribution < -0.4 is 0 Å². The molecular formula is C23H35N3O2. The van der Waals surface area contributed by atoms with Gasteiger partial charge in [0.2, 0.25) is 11.8 Å². The molecule has 5 nitrogen and oxygen atoms in total. The third kappa shape index (κ3) is 7.12. The lowest BCUT2D eigenvalue weighted by Crippen LogP contribution is -2.42. The smallest absolute Gasteiger partial charge is 0.246 e. The van der Waals surface area contributed by atoms with Gasteiger partial charge < -0.3 is 9.80 Å². The van der Waals surface area contributed by atoms with Gasteiger partial charge in [-0.3, -0.25) is 14.5 Å². The van der Waals surface area contributed by atoms with E-state index in [1.54, 1.807) is 6.08 Å². The van der Waals surface area contributed by atoms with Gasteiger partial charge in [0.05, 0.1) is 6.54 Å². The van der Waals surface area contributed by atoms with Gasteiger partial charge in [-0.25, -0.2) is 0 Å². The van der Waals surface area contributed by atoms with E-state index in [2.05, 4.69) is 17.0 Å². The Bertz CT molecular complexity index is 653. The Labute approximate surface area is 170 Å². The number of hydrogen-bond acceptors (Lipinski definition) is 3. The summed E-state index contributed by atoms with van der Waals surface area (Å²) in [5, 5.41) is 0. The van der Waals surface area contributed by atoms with Crippen LogP contribution in [0.15, 0.2) is 42.0 Å². The molecule has 1 aliphatic heterocycles. The van der Waals surface area contributed by atoms with Gasteiger partial charge in [0.1, 0.15) is 0 Å². The molecule has 1 aromatic carbocycles. The van der Waals surface area contributed by atoms with Gasteiger partial charge in [-0.2, -0.15) is 0 Å². The van der Waals surface area contributed by atoms with E-state index in [4.69, 9.17) is 0 Å². The summed E-state index contributed by atoms with van der Waals surface area (Å²) in [5.74, 6) is 0.281. The topological polar surface area (TPSA) is 43.9 Å². The number of hydrogen-bond donors (Lipinski definition) is 0. The van der Waals surface area contributed by atoms with Crippen LogP contribution in [0.3, 0.4) is 0 Å². The quantitative estimate of drug-likeness (QED) is 0.646. The fraction of sp³-hybridized carbons (Fsp3) is 0.565. The van der Waals surface area contributed by atoms with Crippen LogP contribution in [0.1, 0.15) is 39.2 Å². The van der Waals surface area contributed by atoms with E-state index in [9.17, 15) is 9.59 Å². The van der Waals surface area contributed by atoms with Gasteiger partial charge in [0.15, 0.2) is 0 Å². The molecule has 0 saturated carbocycles. The lowest BCUT2D eigenvalue weighted by atomic mass is 10.1. The first-order chi connectivity index (χ1) is 13.5. The van der Waals surface area contributed by atoms with Crippen molar-refractivity contribution < 1.29 is 9.59 Å². The normalized spacial score (nSPS) is 16.0. The van der Waals surface area contributed by atoms with Crippen molar-refractivity contribution >= 4 is 11.8 Å². The number of benzene rings is 1. The second-order valence-electron chi connectivity index (χ2n) is 7.50. The van der Waals surface area contributed by atoms with Crippen molar-refractivity contribution in [3.63, 3.8) is 0 Å². The molecule has 0 atom stereocenters. The summed E-state index contributed by atoms with van der Waals surface area (Å²) in [6, 6.07) is 10.4. The first kappa shape index (κ1) is 22.2. The van der Waals surface area contributed by atoms with Crippen molar-refractivity contribution in [2.45, 2.75) is 40.0 Å². The molecule has 1 aromatic rings. The molecule has 1 saturated heterocycles. The van der Waals surface area contributed by atoms with Gasteiger partial charge in [0.25, 0.3) is 0 Å². The minimum absolute atomic E-state index is 0.0995. The molecule has 2 rings (SSSR count). The van der Waals surface area contributed by atoms with Crippen LogP contribution in [0, 0.1) is 0 Å². The minimum atomic E-state index is 0.0995. The highest BCUT2D eigenvalue weighted by molar-refractivity contribution is 5.88. The Morgan fingerprint density at radius 2 is 1.75 bits per heavy atom. The standard InChI is InChI=1S/C23H35N3O2/c1-4-25(5-2)23(28)19-24-14-9-15-26(17-16-24)22(27)18-20(3)12-13-21-10-7-6-8-11-21/h6-8,10-11,18H,4-5,9,12-17,19H2,1-3H3. The molecule has 5 heteroatoms. The van der Waals surface area contributed by atoms with Crippen molar-refractivity contribution in [2.75, 3.05) is 45.8 Å². The van der Waals surface area contributed by atoms with Gasteiger partial charge in [0, 0.05) is 45.3 Å². The Morgan fingerprint density at radius 3 is 2.43 bits per heavy atom. The van der Waals surface area contributed by atoms with Gasteiger partial charge in [-0.15, -0.1) is 0 Å². The molecule has 1 fully saturated rings. The molecule has 28 heavy (non-hydrogen) atoms. The molecule has 0 N–H and O–H groups in total. The number of likely N-dealkylation sites (N-methyl/N-ethyl adjacent to an activating group) is 1. The highest BCUT2D eigenvalue weighted by Crippen LogP contribution is 2.11. The Morgan fingerprint density at radius 1 is 1.04 bits per heavy atom. The van der Waals surface area contributed by atoms with Gasteiger partial charge in [-0.1, -0.05) is 35.9 Å². The van der Waals surface area contributed by atoms with Crippen LogP contribution in [0.2, 0.25) is 0 Å². The molecule has 0 aromatic heterocycles. The van der Waals surface area contributed by atoms with E-state index in [1.165, 1.54) is 5.56 Å². The maximum absolute atomic E-state index is 12.7. The first-order valence-electron chi connectivity index (χ1n) is 10.5. The van der Waals surface area contributed by atoms with E-state index in [0.717, 1.165) is 57.6 Å². The molecular weight excluding hydrogens is 350 g/mol. The summed E-state index contributed by atoms with van der Waals surface area (Å²) in [5.41, 5.74) is 2.41. The second-order valence-corrected chi connectivity index (χ2v) is 7.50. The van der Waals surface area contributed by atoms with E-state index in [0.29, 0.717) is 13.1 Å². The SMILES string of the molecule is CCN(CC)C(=O)CN1CCCN(C(=O)C=C(C)CCc2ccccc2)CC1. The largest absolute Gasteiger partial charge is 0.342 e. The zero-order valence-electron chi connectivity index (χ0n) is 17.7. The van der Waals surface area contributed by atoms with Crippen molar-refractivity contribution in [1.29, 1.82) is 0 Å². The fourth-order valence-electron chi connectivity index (χ4n) is 3.58. The highest BCUT2D eigenvalue weighted by Gasteiger charge is 2.21. The van der Waals surface area contributed by atoms with Crippen LogP contribution in [0.5, 0.6) is 0 Å². The fourth-order valence-corrected chi connectivity index (χ4v) is 3.58. The summed E-state index contributed by atoms with van der Waals surface area (Å²) in [4.78, 5) is 31.0. The van der Waals surface area contributed by atoms with Gasteiger partial charge >= 0.3 is 0 Å². The number of amides is 2. The Balaban J connectivity index is 1.81. The zero-order chi connectivity index (χ0) is 20.4. The monoisotopic (exact) mass is 385 g/mol. The first-order valence-corrected chi connectivity index (χ1v) is 10.5. The molecule has 0 spiro atoms. The Kier molecular flexibility index (Phi) is 9.21. The molecule has 0 bridgehead atoms. The van der Waals surface area contributed by atoms with Crippen LogP contribution >= 0.6 is 0 Å². The summed E-state index contributed by atoms with van der Waals surface area (Å²) in [6.07, 6.45) is 4.56. The average Bonchev–Trinajstić information content (AvgIpc) is 2.94. The third-order valence-corrected chi connectivity index (χ3v) is 5.40. The number of allylic oxidation sites excluding steroid dienone is 1. The molecule has 154 valence electrons. The Hall–Kier alpha value is -2.14. The van der Waals surface area contributed by atoms with E-state index in [-0.39, 0.29) is 11.8 Å². The summed E-state index contributed by atoms with van der Waals surface area (Å²) >= 11 is 0. The molecule has 2 amide bonds. The minimum Gasteiger partial charge on any atom is -0.342 e. The van der Waals surface area contributed by atoms with Crippen molar-refractivity contribution in [3.8, 4) is 0 Å². The van der Waals surface area contributed by atoms with E-state index >= 15 is 0 Å². The number of rotatable bonds is 8. The lowest BCUT2D eigenvalue weighted by Gasteiger charge is -2.25. The number of nitrogens with zero attached hydrogens (tertiary/aromatic N) is 3. The molecule has 0 radical (unpaired) electrons. The summed E-state index contributed by atoms with van der Waals surface area (Å²) in [7, 11) is 0. The van der Waals surface area contributed by atoms with Crippen molar-refractivity contribution in [2.24, 2.45) is 0 Å². The highest BCUT2D eigenvalue weighted by atomic mass is 16.2. The number of aryl methyl sites for hydroxylation is 1. The van der Waals surface area contributed by atoms with Crippen LogP contribution in [-0.4, -0.2) is 72.3 Å². The zero-order valence-corrected chi connectivity index (χ0v) is 17.7. The van der Waals surface area contributed by atoms with Crippen LogP contribution in [0.4, 0.5) is 0 Å². The molecule has 0 aliphatic carbocycles. The molecule has 0 unspecified atom stereocenters. The van der Waals surface area contributed by atoms with Crippen LogP contribution in [0.25, 0.3) is 0 Å².